The Hall–Kier alpha value is -1.04. The Morgan fingerprint density at radius 2 is 2.15 bits per heavy atom. The summed E-state index contributed by atoms with van der Waals surface area (Å²) >= 11 is 1.02. The topological polar surface area (TPSA) is 66.5 Å². The molecular weight excluding hydrogens is 192 g/mol. The first kappa shape index (κ1) is 8.55. The first-order valence-electron chi connectivity index (χ1n) is 3.91. The first-order chi connectivity index (χ1) is 6.11. The van der Waals surface area contributed by atoms with Crippen LogP contribution < -0.4 is 5.32 Å². The van der Waals surface area contributed by atoms with Gasteiger partial charge in [0.1, 0.15) is 12.1 Å². The molecule has 2 fully saturated rings. The Labute approximate surface area is 78.8 Å². The maximum Gasteiger partial charge on any atom is 0.289 e. The van der Waals surface area contributed by atoms with Gasteiger partial charge in [-0.25, -0.2) is 0 Å². The normalized spacial score (nSPS) is 33.3. The SMILES string of the molecule is CC1NC(=O)C2CSC(=O)N2C1=O. The summed E-state index contributed by atoms with van der Waals surface area (Å²) in [5.41, 5.74) is 0. The van der Waals surface area contributed by atoms with Crippen molar-refractivity contribution in [3.63, 3.8) is 0 Å². The number of fused-ring (bicyclic) bond motifs is 1. The summed E-state index contributed by atoms with van der Waals surface area (Å²) in [4.78, 5) is 35.0. The van der Waals surface area contributed by atoms with Gasteiger partial charge in [-0.15, -0.1) is 0 Å². The highest BCUT2D eigenvalue weighted by molar-refractivity contribution is 8.14. The molecule has 0 saturated carbocycles. The van der Waals surface area contributed by atoms with Gasteiger partial charge in [0.25, 0.3) is 11.1 Å². The number of thioether (sulfide) groups is 1. The Morgan fingerprint density at radius 3 is 2.85 bits per heavy atom. The molecule has 2 atom stereocenters. The number of hydrogen-bond donors (Lipinski definition) is 1. The average molecular weight is 200 g/mol. The third-order valence-electron chi connectivity index (χ3n) is 2.14. The van der Waals surface area contributed by atoms with E-state index in [-0.39, 0.29) is 17.1 Å². The highest BCUT2D eigenvalue weighted by atomic mass is 32.2. The largest absolute Gasteiger partial charge is 0.343 e. The number of amides is 3. The van der Waals surface area contributed by atoms with Crippen molar-refractivity contribution in [3.05, 3.63) is 0 Å². The molecule has 0 spiro atoms. The lowest BCUT2D eigenvalue weighted by atomic mass is 10.1. The molecule has 6 heteroatoms. The molecule has 13 heavy (non-hydrogen) atoms. The molecule has 0 aromatic rings. The fourth-order valence-electron chi connectivity index (χ4n) is 1.44. The molecule has 2 aliphatic heterocycles. The molecule has 70 valence electrons. The fraction of sp³-hybridized carbons (Fsp3) is 0.571. The zero-order chi connectivity index (χ0) is 9.59. The van der Waals surface area contributed by atoms with E-state index in [0.717, 1.165) is 16.7 Å². The molecule has 5 nitrogen and oxygen atoms in total. The zero-order valence-electron chi connectivity index (χ0n) is 6.94. The third-order valence-corrected chi connectivity index (χ3v) is 3.07. The standard InChI is InChI=1S/C7H8N2O3S/c1-3-6(11)9-4(5(10)8-3)2-13-7(9)12/h3-4H,2H2,1H3,(H,8,10). The van der Waals surface area contributed by atoms with Crippen molar-refractivity contribution in [2.24, 2.45) is 0 Å². The second-order valence-corrected chi connectivity index (χ2v) is 4.00. The summed E-state index contributed by atoms with van der Waals surface area (Å²) in [6.07, 6.45) is 0. The van der Waals surface area contributed by atoms with E-state index in [1.165, 1.54) is 0 Å². The fourth-order valence-corrected chi connectivity index (χ4v) is 2.40. The number of nitrogens with one attached hydrogen (secondary N) is 1. The van der Waals surface area contributed by atoms with E-state index in [1.54, 1.807) is 6.92 Å². The monoisotopic (exact) mass is 200 g/mol. The van der Waals surface area contributed by atoms with Gasteiger partial charge in [-0.1, -0.05) is 11.8 Å². The van der Waals surface area contributed by atoms with Crippen LogP contribution in [0.25, 0.3) is 0 Å². The predicted octanol–water partition coefficient (Wildman–Crippen LogP) is -0.431. The lowest BCUT2D eigenvalue weighted by Gasteiger charge is -2.30. The van der Waals surface area contributed by atoms with Gasteiger partial charge in [-0.2, -0.15) is 0 Å². The number of hydrogen-bond acceptors (Lipinski definition) is 4. The van der Waals surface area contributed by atoms with Gasteiger partial charge in [-0.05, 0) is 6.92 Å². The van der Waals surface area contributed by atoms with Crippen molar-refractivity contribution >= 4 is 28.8 Å². The minimum Gasteiger partial charge on any atom is -0.343 e. The van der Waals surface area contributed by atoms with E-state index in [4.69, 9.17) is 0 Å². The van der Waals surface area contributed by atoms with Crippen LogP contribution in [0.5, 0.6) is 0 Å². The van der Waals surface area contributed by atoms with E-state index >= 15 is 0 Å². The summed E-state index contributed by atoms with van der Waals surface area (Å²) in [7, 11) is 0. The van der Waals surface area contributed by atoms with E-state index in [2.05, 4.69) is 5.32 Å². The molecule has 3 amide bonds. The summed E-state index contributed by atoms with van der Waals surface area (Å²) in [5, 5.41) is 2.22. The van der Waals surface area contributed by atoms with Crippen LogP contribution in [0, 0.1) is 0 Å². The Morgan fingerprint density at radius 1 is 1.46 bits per heavy atom. The van der Waals surface area contributed by atoms with Crippen LogP contribution in [0.4, 0.5) is 4.79 Å². The maximum absolute atomic E-state index is 11.4. The number of piperazine rings is 1. The van der Waals surface area contributed by atoms with Gasteiger partial charge >= 0.3 is 0 Å². The number of carbonyl (C=O) groups excluding carboxylic acids is 3. The smallest absolute Gasteiger partial charge is 0.289 e. The molecule has 1 N–H and O–H groups in total. The Kier molecular flexibility index (Phi) is 1.80. The van der Waals surface area contributed by atoms with E-state index in [1.807, 2.05) is 0 Å². The molecule has 0 bridgehead atoms. The number of nitrogens with zero attached hydrogens (tertiary/aromatic N) is 1. The first-order valence-corrected chi connectivity index (χ1v) is 4.90. The summed E-state index contributed by atoms with van der Waals surface area (Å²) in [6.45, 7) is 1.58. The zero-order valence-corrected chi connectivity index (χ0v) is 7.76. The minimum atomic E-state index is -0.582. The van der Waals surface area contributed by atoms with Crippen LogP contribution in [0.3, 0.4) is 0 Å². The second kappa shape index (κ2) is 2.73. The van der Waals surface area contributed by atoms with Crippen molar-refractivity contribution in [3.8, 4) is 0 Å². The maximum atomic E-state index is 11.4. The van der Waals surface area contributed by atoms with Crippen molar-refractivity contribution in [1.82, 2.24) is 10.2 Å². The summed E-state index contributed by atoms with van der Waals surface area (Å²) in [5.74, 6) is -0.159. The average Bonchev–Trinajstić information content (AvgIpc) is 2.44. The van der Waals surface area contributed by atoms with Crippen molar-refractivity contribution in [2.45, 2.75) is 19.0 Å². The van der Waals surface area contributed by atoms with Gasteiger partial charge in [0.15, 0.2) is 0 Å². The lowest BCUT2D eigenvalue weighted by Crippen LogP contribution is -2.61. The quantitative estimate of drug-likeness (QED) is 0.576. The second-order valence-electron chi connectivity index (χ2n) is 3.03. The minimum absolute atomic E-state index is 0.231. The van der Waals surface area contributed by atoms with Crippen molar-refractivity contribution < 1.29 is 14.4 Å². The van der Waals surface area contributed by atoms with E-state index in [9.17, 15) is 14.4 Å². The van der Waals surface area contributed by atoms with Gasteiger partial charge in [0.05, 0.1) is 0 Å². The summed E-state index contributed by atoms with van der Waals surface area (Å²) in [6, 6.07) is -1.16. The van der Waals surface area contributed by atoms with Crippen LogP contribution in [-0.4, -0.2) is 39.8 Å². The lowest BCUT2D eigenvalue weighted by molar-refractivity contribution is -0.143. The molecule has 2 unspecified atom stereocenters. The van der Waals surface area contributed by atoms with Gasteiger partial charge in [0, 0.05) is 5.75 Å². The van der Waals surface area contributed by atoms with Crippen molar-refractivity contribution in [1.29, 1.82) is 0 Å². The van der Waals surface area contributed by atoms with Gasteiger partial charge < -0.3 is 5.32 Å². The van der Waals surface area contributed by atoms with Crippen LogP contribution in [0.15, 0.2) is 0 Å². The molecule has 0 aliphatic carbocycles. The van der Waals surface area contributed by atoms with Gasteiger partial charge in [0.2, 0.25) is 5.91 Å². The molecule has 2 rings (SSSR count). The van der Waals surface area contributed by atoms with E-state index < -0.39 is 12.1 Å². The molecule has 0 aromatic carbocycles. The highest BCUT2D eigenvalue weighted by Gasteiger charge is 2.46. The number of carbonyl (C=O) groups is 3. The van der Waals surface area contributed by atoms with E-state index in [0.29, 0.717) is 5.75 Å². The predicted molar refractivity (Wildman–Crippen MR) is 46.1 cm³/mol. The van der Waals surface area contributed by atoms with Crippen LogP contribution in [0.2, 0.25) is 0 Å². The number of rotatable bonds is 0. The van der Waals surface area contributed by atoms with Gasteiger partial charge in [-0.3, -0.25) is 19.3 Å². The van der Waals surface area contributed by atoms with Crippen molar-refractivity contribution in [2.75, 3.05) is 5.75 Å². The van der Waals surface area contributed by atoms with Crippen LogP contribution in [0.1, 0.15) is 6.92 Å². The molecule has 2 heterocycles. The molecule has 0 aromatic heterocycles. The third kappa shape index (κ3) is 1.13. The molecule has 2 aliphatic rings. The van der Waals surface area contributed by atoms with Crippen LogP contribution >= 0.6 is 11.8 Å². The number of imide groups is 1. The van der Waals surface area contributed by atoms with Crippen LogP contribution in [-0.2, 0) is 9.59 Å². The Bertz CT molecular complexity index is 304. The highest BCUT2D eigenvalue weighted by Crippen LogP contribution is 2.26. The molecule has 2 saturated heterocycles. The summed E-state index contributed by atoms with van der Waals surface area (Å²) < 4.78 is 0. The Balaban J connectivity index is 2.32. The molecule has 0 radical (unpaired) electrons. The molecular formula is C7H8N2O3S.